The largest absolute Gasteiger partial charge is 0.340 e. The Morgan fingerprint density at radius 2 is 2.15 bits per heavy atom. The van der Waals surface area contributed by atoms with Gasteiger partial charge in [-0.2, -0.15) is 18.9 Å². The van der Waals surface area contributed by atoms with Crippen LogP contribution in [0.2, 0.25) is 0 Å². The molecule has 2 heterocycles. The summed E-state index contributed by atoms with van der Waals surface area (Å²) in [5, 5.41) is 6.85. The van der Waals surface area contributed by atoms with Crippen molar-refractivity contribution >= 4 is 10.0 Å². The summed E-state index contributed by atoms with van der Waals surface area (Å²) in [6, 6.07) is 0. The Bertz CT molecular complexity index is 709. The van der Waals surface area contributed by atoms with Crippen molar-refractivity contribution in [1.29, 1.82) is 0 Å². The maximum Gasteiger partial charge on any atom is 0.333 e. The van der Waals surface area contributed by atoms with Gasteiger partial charge >= 0.3 is 6.55 Å². The fourth-order valence-corrected chi connectivity index (χ4v) is 2.66. The number of hydrogen-bond donors (Lipinski definition) is 1. The normalized spacial score (nSPS) is 12.2. The Labute approximate surface area is 112 Å². The van der Waals surface area contributed by atoms with Crippen LogP contribution < -0.4 is 4.72 Å². The topological polar surface area (TPSA) is 103 Å². The van der Waals surface area contributed by atoms with Crippen LogP contribution in [0.25, 0.3) is 0 Å². The Kier molecular flexibility index (Phi) is 3.81. The van der Waals surface area contributed by atoms with Gasteiger partial charge in [-0.05, 0) is 6.92 Å². The molecule has 20 heavy (non-hydrogen) atoms. The van der Waals surface area contributed by atoms with Gasteiger partial charge in [-0.1, -0.05) is 5.16 Å². The molecule has 0 fully saturated rings. The molecular formula is C9H11F2N5O3S. The van der Waals surface area contributed by atoms with E-state index in [4.69, 9.17) is 0 Å². The van der Waals surface area contributed by atoms with E-state index in [1.54, 1.807) is 6.92 Å². The summed E-state index contributed by atoms with van der Waals surface area (Å²) in [5.74, 6) is 0.436. The number of hydrogen-bond acceptors (Lipinski definition) is 6. The lowest BCUT2D eigenvalue weighted by molar-refractivity contribution is 0.0541. The van der Waals surface area contributed by atoms with Crippen molar-refractivity contribution in [2.45, 2.75) is 31.8 Å². The Hall–Kier alpha value is -1.88. The van der Waals surface area contributed by atoms with E-state index in [0.29, 0.717) is 10.6 Å². The van der Waals surface area contributed by atoms with Crippen molar-refractivity contribution in [2.75, 3.05) is 0 Å². The smallest absolute Gasteiger partial charge is 0.333 e. The van der Waals surface area contributed by atoms with Gasteiger partial charge < -0.3 is 4.52 Å². The summed E-state index contributed by atoms with van der Waals surface area (Å²) in [4.78, 5) is 3.50. The molecule has 2 aromatic rings. The quantitative estimate of drug-likeness (QED) is 0.874. The van der Waals surface area contributed by atoms with Gasteiger partial charge in [0.05, 0.1) is 18.4 Å². The number of aromatic nitrogens is 4. The van der Waals surface area contributed by atoms with Gasteiger partial charge in [0.15, 0.2) is 5.82 Å². The Morgan fingerprint density at radius 1 is 1.45 bits per heavy atom. The number of rotatable bonds is 5. The molecule has 0 bridgehead atoms. The van der Waals surface area contributed by atoms with E-state index in [-0.39, 0.29) is 23.0 Å². The van der Waals surface area contributed by atoms with Gasteiger partial charge in [0.2, 0.25) is 15.9 Å². The van der Waals surface area contributed by atoms with Crippen LogP contribution in [0.5, 0.6) is 0 Å². The van der Waals surface area contributed by atoms with Crippen molar-refractivity contribution in [2.24, 2.45) is 0 Å². The Balaban J connectivity index is 2.18. The predicted octanol–water partition coefficient (Wildman–Crippen LogP) is 0.757. The molecule has 8 nitrogen and oxygen atoms in total. The highest BCUT2D eigenvalue weighted by molar-refractivity contribution is 7.89. The summed E-state index contributed by atoms with van der Waals surface area (Å²) in [7, 11) is -3.98. The van der Waals surface area contributed by atoms with E-state index in [2.05, 4.69) is 24.5 Å². The number of halogens is 2. The second kappa shape index (κ2) is 5.25. The minimum atomic E-state index is -3.98. The highest BCUT2D eigenvalue weighted by Gasteiger charge is 2.23. The van der Waals surface area contributed by atoms with Crippen molar-refractivity contribution in [1.82, 2.24) is 24.6 Å². The molecule has 2 aromatic heterocycles. The summed E-state index contributed by atoms with van der Waals surface area (Å²) >= 11 is 0. The average Bonchev–Trinajstić information content (AvgIpc) is 2.93. The second-order valence-electron chi connectivity index (χ2n) is 3.87. The zero-order valence-corrected chi connectivity index (χ0v) is 11.4. The fourth-order valence-electron chi connectivity index (χ4n) is 1.52. The molecule has 0 saturated carbocycles. The standard InChI is InChI=1S/C9H11F2N5O3S/c1-5-7(3-12-16(5)9(10)11)20(17,18)13-4-8-14-6(2)19-15-8/h3,9,13H,4H2,1-2H3. The molecule has 0 atom stereocenters. The number of nitrogens with zero attached hydrogens (tertiary/aromatic N) is 4. The molecule has 0 unspecified atom stereocenters. The van der Waals surface area contributed by atoms with Crippen LogP contribution in [0.4, 0.5) is 8.78 Å². The van der Waals surface area contributed by atoms with Gasteiger partial charge in [0, 0.05) is 6.92 Å². The second-order valence-corrected chi connectivity index (χ2v) is 5.61. The third-order valence-corrected chi connectivity index (χ3v) is 3.97. The minimum Gasteiger partial charge on any atom is -0.340 e. The fraction of sp³-hybridized carbons (Fsp3) is 0.444. The molecular weight excluding hydrogens is 296 g/mol. The molecule has 0 saturated heterocycles. The number of aryl methyl sites for hydroxylation is 1. The van der Waals surface area contributed by atoms with Gasteiger partial charge in [0.25, 0.3) is 0 Å². The molecule has 2 rings (SSSR count). The maximum absolute atomic E-state index is 12.5. The first-order valence-electron chi connectivity index (χ1n) is 5.42. The molecule has 0 radical (unpaired) electrons. The van der Waals surface area contributed by atoms with E-state index >= 15 is 0 Å². The maximum atomic E-state index is 12.5. The third kappa shape index (κ3) is 2.82. The summed E-state index contributed by atoms with van der Waals surface area (Å²) < 4.78 is 56.2. The van der Waals surface area contributed by atoms with Crippen LogP contribution in [0.1, 0.15) is 24.0 Å². The average molecular weight is 307 g/mol. The summed E-state index contributed by atoms with van der Waals surface area (Å²) in [6.07, 6.45) is 0.866. The minimum absolute atomic E-state index is 0.143. The molecule has 0 aromatic carbocycles. The zero-order valence-electron chi connectivity index (χ0n) is 10.5. The van der Waals surface area contributed by atoms with Gasteiger partial charge in [-0.15, -0.1) is 0 Å². The van der Waals surface area contributed by atoms with Gasteiger partial charge in [-0.3, -0.25) is 0 Å². The van der Waals surface area contributed by atoms with Crippen LogP contribution in [0.15, 0.2) is 15.6 Å². The Morgan fingerprint density at radius 3 is 2.65 bits per heavy atom. The molecule has 0 aliphatic heterocycles. The third-order valence-electron chi connectivity index (χ3n) is 2.46. The first-order valence-corrected chi connectivity index (χ1v) is 6.90. The van der Waals surface area contributed by atoms with E-state index < -0.39 is 16.6 Å². The SMILES string of the molecule is Cc1nc(CNS(=O)(=O)c2cnn(C(F)F)c2C)no1. The lowest BCUT2D eigenvalue weighted by Gasteiger charge is -2.05. The summed E-state index contributed by atoms with van der Waals surface area (Å²) in [6.45, 7) is -0.314. The molecule has 11 heteroatoms. The van der Waals surface area contributed by atoms with Crippen molar-refractivity contribution in [3.8, 4) is 0 Å². The van der Waals surface area contributed by atoms with E-state index in [0.717, 1.165) is 6.20 Å². The van der Waals surface area contributed by atoms with Crippen LogP contribution >= 0.6 is 0 Å². The molecule has 0 spiro atoms. The van der Waals surface area contributed by atoms with Crippen LogP contribution in [0, 0.1) is 13.8 Å². The monoisotopic (exact) mass is 307 g/mol. The lowest BCUT2D eigenvalue weighted by Crippen LogP contribution is -2.24. The zero-order chi connectivity index (χ0) is 14.9. The molecule has 110 valence electrons. The van der Waals surface area contributed by atoms with E-state index in [1.165, 1.54) is 6.92 Å². The van der Waals surface area contributed by atoms with Crippen LogP contribution in [-0.4, -0.2) is 28.3 Å². The van der Waals surface area contributed by atoms with Crippen molar-refractivity contribution < 1.29 is 21.7 Å². The predicted molar refractivity (Wildman–Crippen MR) is 61.3 cm³/mol. The highest BCUT2D eigenvalue weighted by atomic mass is 32.2. The molecule has 0 aliphatic carbocycles. The lowest BCUT2D eigenvalue weighted by atomic mass is 10.5. The first kappa shape index (κ1) is 14.5. The molecule has 0 aliphatic rings. The number of sulfonamides is 1. The van der Waals surface area contributed by atoms with Crippen LogP contribution in [0.3, 0.4) is 0 Å². The molecule has 0 amide bonds. The van der Waals surface area contributed by atoms with E-state index in [1.807, 2.05) is 0 Å². The summed E-state index contributed by atoms with van der Waals surface area (Å²) in [5.41, 5.74) is -0.156. The first-order chi connectivity index (χ1) is 9.31. The van der Waals surface area contributed by atoms with E-state index in [9.17, 15) is 17.2 Å². The highest BCUT2D eigenvalue weighted by Crippen LogP contribution is 2.19. The van der Waals surface area contributed by atoms with Crippen LogP contribution in [-0.2, 0) is 16.6 Å². The molecule has 1 N–H and O–H groups in total. The number of alkyl halides is 2. The van der Waals surface area contributed by atoms with Gasteiger partial charge in [0.1, 0.15) is 4.90 Å². The number of nitrogens with one attached hydrogen (secondary N) is 1. The van der Waals surface area contributed by atoms with Crippen molar-refractivity contribution in [3.05, 3.63) is 23.6 Å². The van der Waals surface area contributed by atoms with Gasteiger partial charge in [-0.25, -0.2) is 17.8 Å². The van der Waals surface area contributed by atoms with Crippen molar-refractivity contribution in [3.63, 3.8) is 0 Å².